The van der Waals surface area contributed by atoms with Crippen LogP contribution in [-0.2, 0) is 9.53 Å². The number of esters is 1. The van der Waals surface area contributed by atoms with Crippen molar-refractivity contribution in [2.45, 2.75) is 110 Å². The fraction of sp³-hybridized carbons (Fsp3) is 0.964. The number of carbonyl (C=O) groups excluding carboxylic acids is 1. The maximum Gasteiger partial charge on any atom is 0.309 e. The summed E-state index contributed by atoms with van der Waals surface area (Å²) in [5.74, 6) is 7.07. The summed E-state index contributed by atoms with van der Waals surface area (Å²) in [4.78, 5) is 13.7. The van der Waals surface area contributed by atoms with Gasteiger partial charge in [-0.15, -0.1) is 0 Å². The first kappa shape index (κ1) is 21.3. The molecule has 6 bridgehead atoms. The minimum absolute atomic E-state index is 0.140. The molecule has 0 radical (unpaired) electrons. The largest absolute Gasteiger partial charge is 0.458 e. The lowest BCUT2D eigenvalue weighted by atomic mass is 9.47. The van der Waals surface area contributed by atoms with E-state index >= 15 is 0 Å². The molecule has 0 heterocycles. The number of hydrogen-bond acceptors (Lipinski definition) is 2. The van der Waals surface area contributed by atoms with Gasteiger partial charge >= 0.3 is 5.97 Å². The van der Waals surface area contributed by atoms with Crippen LogP contribution < -0.4 is 0 Å². The monoisotopic (exact) mass is 414 g/mol. The number of rotatable bonds is 8. The van der Waals surface area contributed by atoms with Crippen LogP contribution in [0, 0.1) is 59.2 Å². The highest BCUT2D eigenvalue weighted by atomic mass is 16.6. The summed E-state index contributed by atoms with van der Waals surface area (Å²) in [7, 11) is 0. The van der Waals surface area contributed by atoms with E-state index < -0.39 is 0 Å². The van der Waals surface area contributed by atoms with E-state index in [1.54, 1.807) is 0 Å². The quantitative estimate of drug-likeness (QED) is 0.308. The van der Waals surface area contributed by atoms with Gasteiger partial charge in [0.25, 0.3) is 0 Å². The fourth-order valence-electron chi connectivity index (χ4n) is 9.46. The number of ether oxygens (including phenoxy) is 1. The average Bonchev–Trinajstić information content (AvgIpc) is 3.28. The minimum Gasteiger partial charge on any atom is -0.458 e. The number of fused-ring (bicyclic) bond motifs is 2. The topological polar surface area (TPSA) is 26.3 Å². The Balaban J connectivity index is 1.25. The summed E-state index contributed by atoms with van der Waals surface area (Å²) in [6.07, 6.45) is 16.0. The molecule has 4 unspecified atom stereocenters. The lowest BCUT2D eigenvalue weighted by molar-refractivity contribution is -0.229. The van der Waals surface area contributed by atoms with Gasteiger partial charge in [-0.1, -0.05) is 53.4 Å². The molecule has 2 nitrogen and oxygen atoms in total. The van der Waals surface area contributed by atoms with Crippen LogP contribution in [0.15, 0.2) is 0 Å². The van der Waals surface area contributed by atoms with Crippen LogP contribution in [0.1, 0.15) is 105 Å². The molecular formula is C28H46O2. The second-order valence-electron chi connectivity index (χ2n) is 13.0. The minimum atomic E-state index is -0.140. The molecule has 4 atom stereocenters. The van der Waals surface area contributed by atoms with Crippen molar-refractivity contribution in [3.05, 3.63) is 0 Å². The van der Waals surface area contributed by atoms with Crippen LogP contribution in [-0.4, -0.2) is 11.6 Å². The van der Waals surface area contributed by atoms with Gasteiger partial charge in [0.2, 0.25) is 0 Å². The number of carbonyl (C=O) groups is 1. The van der Waals surface area contributed by atoms with Gasteiger partial charge in [-0.2, -0.15) is 0 Å². The van der Waals surface area contributed by atoms with Crippen molar-refractivity contribution >= 4 is 5.97 Å². The van der Waals surface area contributed by atoms with Crippen molar-refractivity contribution < 1.29 is 9.53 Å². The Kier molecular flexibility index (Phi) is 5.76. The first-order valence-electron chi connectivity index (χ1n) is 13.6. The average molecular weight is 415 g/mol. The zero-order chi connectivity index (χ0) is 21.0. The molecule has 0 spiro atoms. The molecule has 6 aliphatic rings. The van der Waals surface area contributed by atoms with Crippen LogP contribution in [0.2, 0.25) is 0 Å². The molecule has 0 aromatic rings. The summed E-state index contributed by atoms with van der Waals surface area (Å²) in [5.41, 5.74) is -0.140. The Hall–Kier alpha value is -0.530. The molecule has 6 saturated carbocycles. The van der Waals surface area contributed by atoms with E-state index in [1.165, 1.54) is 70.6 Å². The molecule has 0 saturated heterocycles. The normalized spacial score (nSPS) is 46.3. The molecular weight excluding hydrogens is 368 g/mol. The third-order valence-electron chi connectivity index (χ3n) is 10.5. The first-order chi connectivity index (χ1) is 14.4. The van der Waals surface area contributed by atoms with E-state index in [-0.39, 0.29) is 17.5 Å². The molecule has 0 aliphatic heterocycles. The van der Waals surface area contributed by atoms with Gasteiger partial charge in [0.05, 0.1) is 5.92 Å². The molecule has 0 aromatic carbocycles. The van der Waals surface area contributed by atoms with Crippen molar-refractivity contribution in [1.29, 1.82) is 0 Å². The van der Waals surface area contributed by atoms with Gasteiger partial charge in [0.15, 0.2) is 0 Å². The van der Waals surface area contributed by atoms with Crippen molar-refractivity contribution in [2.75, 3.05) is 0 Å². The SMILES string of the molecule is CC(C)CCCCC1CC2CC(C(=O)OC3(C(C)C)C4CC5CC(C4)CC3C5)C1C2. The lowest BCUT2D eigenvalue weighted by Crippen LogP contribution is -2.62. The maximum absolute atomic E-state index is 13.7. The highest BCUT2D eigenvalue weighted by Gasteiger charge is 2.62. The van der Waals surface area contributed by atoms with Gasteiger partial charge in [0.1, 0.15) is 5.60 Å². The Morgan fingerprint density at radius 3 is 2.03 bits per heavy atom. The molecule has 0 aromatic heterocycles. The van der Waals surface area contributed by atoms with Crippen molar-refractivity contribution in [3.63, 3.8) is 0 Å². The predicted molar refractivity (Wildman–Crippen MR) is 122 cm³/mol. The van der Waals surface area contributed by atoms with Crippen LogP contribution >= 0.6 is 0 Å². The summed E-state index contributed by atoms with van der Waals surface area (Å²) in [5, 5.41) is 0. The third kappa shape index (κ3) is 3.57. The first-order valence-corrected chi connectivity index (χ1v) is 13.6. The van der Waals surface area contributed by atoms with E-state index in [2.05, 4.69) is 27.7 Å². The molecule has 0 N–H and O–H groups in total. The highest BCUT2D eigenvalue weighted by molar-refractivity contribution is 5.74. The Labute approximate surface area is 185 Å². The van der Waals surface area contributed by atoms with Crippen LogP contribution in [0.4, 0.5) is 0 Å². The standard InChI is InChI=1S/C28H46O2/c1-17(2)7-5-6-8-22-10-21-15-25(22)26(16-21)27(29)30-28(18(3)4)23-11-19-9-20(13-23)14-24(28)12-19/h17-26H,5-16H2,1-4H3. The summed E-state index contributed by atoms with van der Waals surface area (Å²) >= 11 is 0. The Bertz CT molecular complexity index is 607. The van der Waals surface area contributed by atoms with Gasteiger partial charge in [-0.25, -0.2) is 0 Å². The van der Waals surface area contributed by atoms with Crippen LogP contribution in [0.25, 0.3) is 0 Å². The molecule has 6 rings (SSSR count). The summed E-state index contributed by atoms with van der Waals surface area (Å²) < 4.78 is 6.78. The molecule has 6 fully saturated rings. The zero-order valence-electron chi connectivity index (χ0n) is 20.1. The van der Waals surface area contributed by atoms with E-state index in [0.29, 0.717) is 23.7 Å². The van der Waals surface area contributed by atoms with Gasteiger partial charge < -0.3 is 4.74 Å². The van der Waals surface area contributed by atoms with E-state index in [9.17, 15) is 4.79 Å². The van der Waals surface area contributed by atoms with Gasteiger partial charge in [0, 0.05) is 0 Å². The highest BCUT2D eigenvalue weighted by Crippen LogP contribution is 2.62. The molecule has 0 amide bonds. The van der Waals surface area contributed by atoms with Gasteiger partial charge in [-0.05, 0) is 105 Å². The van der Waals surface area contributed by atoms with Crippen LogP contribution in [0.5, 0.6) is 0 Å². The van der Waals surface area contributed by atoms with Crippen molar-refractivity contribution in [2.24, 2.45) is 59.2 Å². The molecule has 6 aliphatic carbocycles. The number of hydrogen-bond donors (Lipinski definition) is 0. The Morgan fingerprint density at radius 1 is 0.833 bits per heavy atom. The molecule has 2 heteroatoms. The number of unbranched alkanes of at least 4 members (excludes halogenated alkanes) is 1. The zero-order valence-corrected chi connectivity index (χ0v) is 20.1. The van der Waals surface area contributed by atoms with Crippen molar-refractivity contribution in [3.8, 4) is 0 Å². The van der Waals surface area contributed by atoms with E-state index in [0.717, 1.165) is 36.0 Å². The summed E-state index contributed by atoms with van der Waals surface area (Å²) in [6.45, 7) is 9.35. The molecule has 170 valence electrons. The second-order valence-corrected chi connectivity index (χ2v) is 13.0. The van der Waals surface area contributed by atoms with Crippen LogP contribution in [0.3, 0.4) is 0 Å². The van der Waals surface area contributed by atoms with E-state index in [4.69, 9.17) is 4.74 Å². The van der Waals surface area contributed by atoms with Gasteiger partial charge in [-0.3, -0.25) is 4.79 Å². The Morgan fingerprint density at radius 2 is 1.47 bits per heavy atom. The predicted octanol–water partition coefficient (Wildman–Crippen LogP) is 7.26. The molecule has 30 heavy (non-hydrogen) atoms. The van der Waals surface area contributed by atoms with E-state index in [1.807, 2.05) is 0 Å². The smallest absolute Gasteiger partial charge is 0.309 e. The fourth-order valence-corrected chi connectivity index (χ4v) is 9.46. The third-order valence-corrected chi connectivity index (χ3v) is 10.5. The summed E-state index contributed by atoms with van der Waals surface area (Å²) in [6, 6.07) is 0. The maximum atomic E-state index is 13.7. The second kappa shape index (κ2) is 8.11. The lowest BCUT2D eigenvalue weighted by Gasteiger charge is -2.62. The van der Waals surface area contributed by atoms with Crippen molar-refractivity contribution in [1.82, 2.24) is 0 Å².